The highest BCUT2D eigenvalue weighted by Gasteiger charge is 2.31. The Balaban J connectivity index is 0.000000147. The molecule has 0 aliphatic carbocycles. The van der Waals surface area contributed by atoms with E-state index in [2.05, 4.69) is 23.2 Å². The molecule has 0 bridgehead atoms. The largest absolute Gasteiger partial charge is 0.449 e. The maximum Gasteiger partial charge on any atom is 0.339 e. The van der Waals surface area contributed by atoms with E-state index in [-0.39, 0.29) is 12.1 Å². The third kappa shape index (κ3) is 3.04. The van der Waals surface area contributed by atoms with E-state index in [1.165, 1.54) is 10.9 Å². The number of hydrogen-bond donors (Lipinski definition) is 1. The van der Waals surface area contributed by atoms with Crippen LogP contribution in [0.15, 0.2) is 91.1 Å². The molecule has 0 saturated carbocycles. The van der Waals surface area contributed by atoms with Crippen molar-refractivity contribution >= 4 is 16.9 Å². The predicted octanol–water partition coefficient (Wildman–Crippen LogP) is 5.11. The Kier molecular flexibility index (Phi) is 4.05. The van der Waals surface area contributed by atoms with Crippen molar-refractivity contribution in [3.8, 4) is 0 Å². The van der Waals surface area contributed by atoms with Crippen LogP contribution in [0.4, 0.5) is 0 Å². The second kappa shape index (κ2) is 6.65. The topological polar surface area (TPSA) is 42.1 Å². The number of aromatic nitrogens is 1. The van der Waals surface area contributed by atoms with E-state index < -0.39 is 0 Å². The zero-order chi connectivity index (χ0) is 17.1. The molecule has 0 fully saturated rings. The molecule has 1 unspecified atom stereocenters. The summed E-state index contributed by atoms with van der Waals surface area (Å²) in [5.41, 5.74) is 3.85. The Morgan fingerprint density at radius 3 is 2.32 bits per heavy atom. The van der Waals surface area contributed by atoms with Gasteiger partial charge in [0.15, 0.2) is 6.10 Å². The van der Waals surface area contributed by atoms with Crippen LogP contribution in [-0.2, 0) is 4.74 Å². The highest BCUT2D eigenvalue weighted by Crippen LogP contribution is 2.35. The summed E-state index contributed by atoms with van der Waals surface area (Å²) < 4.78 is 5.38. The van der Waals surface area contributed by atoms with Crippen molar-refractivity contribution < 1.29 is 9.53 Å². The first kappa shape index (κ1) is 15.2. The zero-order valence-electron chi connectivity index (χ0n) is 13.6. The van der Waals surface area contributed by atoms with Crippen LogP contribution in [0.2, 0.25) is 0 Å². The number of carbonyl (C=O) groups excluding carboxylic acids is 1. The van der Waals surface area contributed by atoms with Crippen molar-refractivity contribution in [3.05, 3.63) is 108 Å². The normalized spacial score (nSPS) is 15.2. The van der Waals surface area contributed by atoms with Crippen LogP contribution in [0.25, 0.3) is 10.9 Å². The van der Waals surface area contributed by atoms with Gasteiger partial charge in [0.1, 0.15) is 0 Å². The van der Waals surface area contributed by atoms with Crippen LogP contribution in [0.3, 0.4) is 0 Å². The minimum atomic E-state index is -0.245. The molecule has 0 spiro atoms. The molecule has 5 rings (SSSR count). The maximum atomic E-state index is 11.6. The first-order valence-electron chi connectivity index (χ1n) is 8.20. The van der Waals surface area contributed by atoms with Crippen LogP contribution in [0, 0.1) is 0 Å². The van der Waals surface area contributed by atoms with Gasteiger partial charge in [-0.15, -0.1) is 0 Å². The van der Waals surface area contributed by atoms with E-state index in [0.717, 1.165) is 11.1 Å². The second-order valence-corrected chi connectivity index (χ2v) is 5.85. The third-order valence-corrected chi connectivity index (χ3v) is 4.25. The predicted molar refractivity (Wildman–Crippen MR) is 98.4 cm³/mol. The van der Waals surface area contributed by atoms with Gasteiger partial charge in [-0.2, -0.15) is 0 Å². The van der Waals surface area contributed by atoms with Gasteiger partial charge in [0.25, 0.3) is 0 Å². The molecule has 25 heavy (non-hydrogen) atoms. The van der Waals surface area contributed by atoms with Crippen molar-refractivity contribution in [1.82, 2.24) is 4.98 Å². The van der Waals surface area contributed by atoms with Gasteiger partial charge in [-0.25, -0.2) is 4.79 Å². The van der Waals surface area contributed by atoms with Crippen LogP contribution in [0.5, 0.6) is 0 Å². The Morgan fingerprint density at radius 2 is 1.48 bits per heavy atom. The average molecular weight is 327 g/mol. The van der Waals surface area contributed by atoms with E-state index in [1.54, 1.807) is 6.07 Å². The number of fused-ring (bicyclic) bond motifs is 2. The van der Waals surface area contributed by atoms with E-state index in [4.69, 9.17) is 4.74 Å². The quantitative estimate of drug-likeness (QED) is 0.493. The van der Waals surface area contributed by atoms with Crippen molar-refractivity contribution in [2.45, 2.75) is 6.10 Å². The molecule has 1 N–H and O–H groups in total. The number of aromatic amines is 1. The van der Waals surface area contributed by atoms with Crippen LogP contribution < -0.4 is 0 Å². The van der Waals surface area contributed by atoms with Gasteiger partial charge >= 0.3 is 5.97 Å². The molecule has 0 amide bonds. The number of nitrogens with one attached hydrogen (secondary N) is 1. The number of para-hydroxylation sites is 1. The molecule has 1 aliphatic heterocycles. The summed E-state index contributed by atoms with van der Waals surface area (Å²) in [6.45, 7) is 0. The van der Waals surface area contributed by atoms with Gasteiger partial charge in [-0.05, 0) is 29.1 Å². The molecule has 3 aromatic carbocycles. The molecule has 1 aromatic heterocycles. The Hall–Kier alpha value is -3.33. The molecular weight excluding hydrogens is 310 g/mol. The molecule has 2 heterocycles. The summed E-state index contributed by atoms with van der Waals surface area (Å²) >= 11 is 0. The van der Waals surface area contributed by atoms with Crippen molar-refractivity contribution in [1.29, 1.82) is 0 Å². The summed E-state index contributed by atoms with van der Waals surface area (Å²) in [5.74, 6) is -0.232. The molecule has 3 nitrogen and oxygen atoms in total. The molecule has 0 saturated heterocycles. The monoisotopic (exact) mass is 327 g/mol. The number of esters is 1. The first-order valence-corrected chi connectivity index (χ1v) is 8.20. The number of carbonyl (C=O) groups is 1. The summed E-state index contributed by atoms with van der Waals surface area (Å²) in [7, 11) is 0. The Bertz CT molecular complexity index is 974. The van der Waals surface area contributed by atoms with Gasteiger partial charge in [-0.3, -0.25) is 0 Å². The molecule has 0 radical (unpaired) electrons. The van der Waals surface area contributed by atoms with Gasteiger partial charge in [0.2, 0.25) is 0 Å². The van der Waals surface area contributed by atoms with Gasteiger partial charge in [0, 0.05) is 17.3 Å². The lowest BCUT2D eigenvalue weighted by molar-refractivity contribution is 0.0456. The van der Waals surface area contributed by atoms with E-state index >= 15 is 0 Å². The zero-order valence-corrected chi connectivity index (χ0v) is 13.6. The standard InChI is InChI=1S/C14H10O2.C8H7N/c15-14-12-9-5-4-8-11(12)13(16-14)10-6-2-1-3-7-10;1-2-4-8-7(3-1)5-6-9-8/h1-9,13H;1-6,9H. The highest BCUT2D eigenvalue weighted by atomic mass is 16.5. The highest BCUT2D eigenvalue weighted by molar-refractivity contribution is 5.94. The summed E-state index contributed by atoms with van der Waals surface area (Å²) in [6, 6.07) is 27.6. The van der Waals surface area contributed by atoms with E-state index in [0.29, 0.717) is 5.56 Å². The number of rotatable bonds is 1. The number of ether oxygens (including phenoxy) is 1. The molecular formula is C22H17NO2. The third-order valence-electron chi connectivity index (χ3n) is 4.25. The smallest absolute Gasteiger partial charge is 0.339 e. The first-order chi connectivity index (χ1) is 12.3. The fourth-order valence-electron chi connectivity index (χ4n) is 3.02. The molecule has 3 heteroatoms. The van der Waals surface area contributed by atoms with Crippen LogP contribution in [-0.4, -0.2) is 11.0 Å². The van der Waals surface area contributed by atoms with Gasteiger partial charge < -0.3 is 9.72 Å². The SMILES string of the molecule is O=C1OC(c2ccccc2)c2ccccc21.c1ccc2[nH]ccc2c1. The van der Waals surface area contributed by atoms with E-state index in [1.807, 2.05) is 66.9 Å². The summed E-state index contributed by atoms with van der Waals surface area (Å²) in [6.07, 6.45) is 1.70. The summed E-state index contributed by atoms with van der Waals surface area (Å²) in [5, 5.41) is 1.28. The van der Waals surface area contributed by atoms with Crippen molar-refractivity contribution in [3.63, 3.8) is 0 Å². The minimum Gasteiger partial charge on any atom is -0.449 e. The van der Waals surface area contributed by atoms with Crippen molar-refractivity contribution in [2.75, 3.05) is 0 Å². The Morgan fingerprint density at radius 1 is 0.760 bits per heavy atom. The molecule has 1 aliphatic rings. The molecule has 4 aromatic rings. The summed E-state index contributed by atoms with van der Waals surface area (Å²) in [4.78, 5) is 14.7. The lowest BCUT2D eigenvalue weighted by Gasteiger charge is -2.10. The number of benzene rings is 3. The van der Waals surface area contributed by atoms with E-state index in [9.17, 15) is 4.79 Å². The van der Waals surface area contributed by atoms with Crippen molar-refractivity contribution in [2.24, 2.45) is 0 Å². The van der Waals surface area contributed by atoms with Gasteiger partial charge in [-0.1, -0.05) is 66.7 Å². The Labute approximate surface area is 145 Å². The fourth-order valence-corrected chi connectivity index (χ4v) is 3.02. The average Bonchev–Trinajstić information content (AvgIpc) is 3.28. The minimum absolute atomic E-state index is 0.232. The van der Waals surface area contributed by atoms with Crippen LogP contribution in [0.1, 0.15) is 27.6 Å². The fraction of sp³-hybridized carbons (Fsp3) is 0.0455. The lowest BCUT2D eigenvalue weighted by atomic mass is 9.99. The number of hydrogen-bond acceptors (Lipinski definition) is 2. The lowest BCUT2D eigenvalue weighted by Crippen LogP contribution is -1.99. The number of H-pyrrole nitrogens is 1. The van der Waals surface area contributed by atoms with Crippen LogP contribution >= 0.6 is 0 Å². The van der Waals surface area contributed by atoms with Gasteiger partial charge in [0.05, 0.1) is 5.56 Å². The maximum absolute atomic E-state index is 11.6. The molecule has 1 atom stereocenters. The number of cyclic esters (lactones) is 1. The molecule has 122 valence electrons. The second-order valence-electron chi connectivity index (χ2n) is 5.85.